The summed E-state index contributed by atoms with van der Waals surface area (Å²) in [5.41, 5.74) is 0.162. The molecule has 0 heterocycles. The fraction of sp³-hybridized carbons (Fsp3) is 0.591. The molecule has 2 atom stereocenters. The molecule has 2 N–H and O–H groups in total. The fourth-order valence-corrected chi connectivity index (χ4v) is 2.76. The number of esters is 1. The topological polar surface area (TPSA) is 103 Å². The molecule has 0 radical (unpaired) electrons. The third-order valence-electron chi connectivity index (χ3n) is 4.04. The molecule has 0 aromatic heterocycles. The molecule has 8 heteroatoms. The van der Waals surface area contributed by atoms with Crippen LogP contribution in [0.5, 0.6) is 0 Å². The van der Waals surface area contributed by atoms with E-state index in [4.69, 9.17) is 14.2 Å². The van der Waals surface area contributed by atoms with Gasteiger partial charge in [0.05, 0.1) is 25.6 Å². The van der Waals surface area contributed by atoms with Gasteiger partial charge in [-0.05, 0) is 38.7 Å². The Morgan fingerprint density at radius 2 is 1.57 bits per heavy atom. The first-order valence-electron chi connectivity index (χ1n) is 10.0. The Labute approximate surface area is 178 Å². The molecule has 0 fully saturated rings. The Morgan fingerprint density at radius 1 is 0.967 bits per heavy atom. The summed E-state index contributed by atoms with van der Waals surface area (Å²) in [7, 11) is 1.27. The van der Waals surface area contributed by atoms with Crippen molar-refractivity contribution in [1.82, 2.24) is 10.6 Å². The Bertz CT molecular complexity index is 685. The standard InChI is InChI=1S/C22H34N2O6/c1-15(2)12-17(24-21(27)30-22(3,4)5)18(13-19(25)28-6)23-20(26)29-14-16-10-8-7-9-11-16/h7-11,15,17-18H,12-14H2,1-6H3,(H,23,26)(H,24,27)/t17-,18+/m0/s1. The summed E-state index contributed by atoms with van der Waals surface area (Å²) in [5, 5.41) is 5.47. The highest BCUT2D eigenvalue weighted by Crippen LogP contribution is 2.14. The molecule has 30 heavy (non-hydrogen) atoms. The number of rotatable bonds is 9. The molecule has 8 nitrogen and oxygen atoms in total. The van der Waals surface area contributed by atoms with Crippen LogP contribution in [-0.2, 0) is 25.6 Å². The van der Waals surface area contributed by atoms with Crippen molar-refractivity contribution >= 4 is 18.2 Å². The van der Waals surface area contributed by atoms with E-state index in [-0.39, 0.29) is 18.9 Å². The van der Waals surface area contributed by atoms with E-state index in [1.54, 1.807) is 20.8 Å². The van der Waals surface area contributed by atoms with E-state index >= 15 is 0 Å². The van der Waals surface area contributed by atoms with E-state index in [2.05, 4.69) is 10.6 Å². The average Bonchev–Trinajstić information content (AvgIpc) is 2.64. The Hall–Kier alpha value is -2.77. The number of benzene rings is 1. The number of hydrogen-bond acceptors (Lipinski definition) is 6. The molecule has 0 aliphatic rings. The minimum absolute atomic E-state index is 0.0892. The van der Waals surface area contributed by atoms with Gasteiger partial charge in [0.2, 0.25) is 0 Å². The maximum atomic E-state index is 12.4. The number of amides is 2. The summed E-state index contributed by atoms with van der Waals surface area (Å²) in [6, 6.07) is 7.96. The van der Waals surface area contributed by atoms with Crippen LogP contribution in [0.2, 0.25) is 0 Å². The van der Waals surface area contributed by atoms with Gasteiger partial charge in [-0.3, -0.25) is 4.79 Å². The molecule has 0 aliphatic heterocycles. The summed E-state index contributed by atoms with van der Waals surface area (Å²) < 4.78 is 15.4. The predicted molar refractivity (Wildman–Crippen MR) is 113 cm³/mol. The second-order valence-corrected chi connectivity index (χ2v) is 8.48. The summed E-state index contributed by atoms with van der Waals surface area (Å²) >= 11 is 0. The largest absolute Gasteiger partial charge is 0.469 e. The van der Waals surface area contributed by atoms with Gasteiger partial charge in [0.1, 0.15) is 12.2 Å². The van der Waals surface area contributed by atoms with Crippen molar-refractivity contribution in [3.63, 3.8) is 0 Å². The maximum absolute atomic E-state index is 12.4. The normalized spacial score (nSPS) is 13.2. The molecule has 1 aromatic rings. The van der Waals surface area contributed by atoms with Gasteiger partial charge >= 0.3 is 18.2 Å². The first-order chi connectivity index (χ1) is 14.0. The van der Waals surface area contributed by atoms with Crippen LogP contribution in [0.4, 0.5) is 9.59 Å². The van der Waals surface area contributed by atoms with Gasteiger partial charge in [0, 0.05) is 0 Å². The number of methoxy groups -OCH3 is 1. The fourth-order valence-electron chi connectivity index (χ4n) is 2.76. The smallest absolute Gasteiger partial charge is 0.407 e. The van der Waals surface area contributed by atoms with E-state index in [1.165, 1.54) is 7.11 Å². The van der Waals surface area contributed by atoms with E-state index < -0.39 is 35.8 Å². The van der Waals surface area contributed by atoms with Crippen LogP contribution < -0.4 is 10.6 Å². The number of carbonyl (C=O) groups excluding carboxylic acids is 3. The van der Waals surface area contributed by atoms with Gasteiger partial charge in [-0.25, -0.2) is 9.59 Å². The quantitative estimate of drug-likeness (QED) is 0.464. The van der Waals surface area contributed by atoms with E-state index in [1.807, 2.05) is 44.2 Å². The van der Waals surface area contributed by atoms with Crippen molar-refractivity contribution in [3.8, 4) is 0 Å². The zero-order valence-electron chi connectivity index (χ0n) is 18.7. The first kappa shape index (κ1) is 25.3. The van der Waals surface area contributed by atoms with E-state index in [9.17, 15) is 14.4 Å². The average molecular weight is 423 g/mol. The lowest BCUT2D eigenvalue weighted by atomic mass is 9.95. The van der Waals surface area contributed by atoms with Crippen LogP contribution in [0.1, 0.15) is 53.0 Å². The van der Waals surface area contributed by atoms with Crippen molar-refractivity contribution < 1.29 is 28.6 Å². The maximum Gasteiger partial charge on any atom is 0.407 e. The number of alkyl carbamates (subject to hydrolysis) is 2. The summed E-state index contributed by atoms with van der Waals surface area (Å²) in [6.45, 7) is 9.32. The van der Waals surface area contributed by atoms with Gasteiger partial charge < -0.3 is 24.8 Å². The minimum Gasteiger partial charge on any atom is -0.469 e. The van der Waals surface area contributed by atoms with Gasteiger partial charge in [-0.1, -0.05) is 44.2 Å². The molecule has 0 spiro atoms. The number of hydrogen-bond donors (Lipinski definition) is 2. The van der Waals surface area contributed by atoms with Crippen molar-refractivity contribution in [1.29, 1.82) is 0 Å². The van der Waals surface area contributed by atoms with Crippen LogP contribution in [0.3, 0.4) is 0 Å². The molecule has 0 bridgehead atoms. The lowest BCUT2D eigenvalue weighted by molar-refractivity contribution is -0.141. The van der Waals surface area contributed by atoms with Gasteiger partial charge in [-0.15, -0.1) is 0 Å². The number of nitrogens with one attached hydrogen (secondary N) is 2. The van der Waals surface area contributed by atoms with Gasteiger partial charge in [-0.2, -0.15) is 0 Å². The molecular formula is C22H34N2O6. The zero-order valence-corrected chi connectivity index (χ0v) is 18.7. The second-order valence-electron chi connectivity index (χ2n) is 8.48. The van der Waals surface area contributed by atoms with Crippen molar-refractivity contribution in [3.05, 3.63) is 35.9 Å². The first-order valence-corrected chi connectivity index (χ1v) is 10.0. The zero-order chi connectivity index (χ0) is 22.7. The van der Waals surface area contributed by atoms with E-state index in [0.717, 1.165) is 5.56 Å². The van der Waals surface area contributed by atoms with Crippen LogP contribution in [0, 0.1) is 5.92 Å². The highest BCUT2D eigenvalue weighted by atomic mass is 16.6. The van der Waals surface area contributed by atoms with E-state index in [0.29, 0.717) is 6.42 Å². The van der Waals surface area contributed by atoms with Crippen LogP contribution in [-0.4, -0.2) is 43.0 Å². The Balaban J connectivity index is 2.88. The van der Waals surface area contributed by atoms with Crippen molar-refractivity contribution in [2.24, 2.45) is 5.92 Å². The molecule has 0 unspecified atom stereocenters. The molecule has 1 rings (SSSR count). The van der Waals surface area contributed by atoms with Crippen molar-refractivity contribution in [2.75, 3.05) is 7.11 Å². The molecule has 2 amide bonds. The highest BCUT2D eigenvalue weighted by Gasteiger charge is 2.30. The summed E-state index contributed by atoms with van der Waals surface area (Å²) in [4.78, 5) is 36.6. The van der Waals surface area contributed by atoms with Crippen LogP contribution in [0.15, 0.2) is 30.3 Å². The van der Waals surface area contributed by atoms with Gasteiger partial charge in [0.15, 0.2) is 0 Å². The SMILES string of the molecule is COC(=O)C[C@@H](NC(=O)OCc1ccccc1)[C@H](CC(C)C)NC(=O)OC(C)(C)C. The highest BCUT2D eigenvalue weighted by molar-refractivity contribution is 5.74. The monoisotopic (exact) mass is 422 g/mol. The van der Waals surface area contributed by atoms with Gasteiger partial charge in [0.25, 0.3) is 0 Å². The Kier molecular flexibility index (Phi) is 10.1. The third kappa shape index (κ3) is 10.7. The lowest BCUT2D eigenvalue weighted by Crippen LogP contribution is -2.54. The number of ether oxygens (including phenoxy) is 3. The predicted octanol–water partition coefficient (Wildman–Crippen LogP) is 3.78. The van der Waals surface area contributed by atoms with Crippen LogP contribution in [0.25, 0.3) is 0 Å². The lowest BCUT2D eigenvalue weighted by Gasteiger charge is -2.30. The third-order valence-corrected chi connectivity index (χ3v) is 4.04. The second kappa shape index (κ2) is 12.0. The molecule has 0 aliphatic carbocycles. The molecular weight excluding hydrogens is 388 g/mol. The molecule has 1 aromatic carbocycles. The summed E-state index contributed by atoms with van der Waals surface area (Å²) in [6.07, 6.45) is -0.917. The molecule has 168 valence electrons. The van der Waals surface area contributed by atoms with Crippen LogP contribution >= 0.6 is 0 Å². The Morgan fingerprint density at radius 3 is 2.10 bits per heavy atom. The summed E-state index contributed by atoms with van der Waals surface area (Å²) in [5.74, 6) is -0.324. The molecule has 0 saturated heterocycles. The number of carbonyl (C=O) groups is 3. The van der Waals surface area contributed by atoms with Crippen molar-refractivity contribution in [2.45, 2.75) is 71.8 Å². The molecule has 0 saturated carbocycles. The minimum atomic E-state index is -0.726.